The van der Waals surface area contributed by atoms with Crippen LogP contribution in [0.4, 0.5) is 0 Å². The van der Waals surface area contributed by atoms with Crippen LogP contribution in [-0.4, -0.2) is 35.1 Å². The number of hydrogen-bond acceptors (Lipinski definition) is 4. The molecule has 0 heterocycles. The molecular weight excluding hydrogens is 219 g/mol. The van der Waals surface area contributed by atoms with Crippen LogP contribution in [0.15, 0.2) is 30.3 Å². The number of carbonyl (C=O) groups is 1. The summed E-state index contributed by atoms with van der Waals surface area (Å²) in [7, 11) is -1.61. The first-order valence-corrected chi connectivity index (χ1v) is 5.46. The fourth-order valence-corrected chi connectivity index (χ4v) is 1.41. The highest BCUT2D eigenvalue weighted by Crippen LogP contribution is 2.04. The zero-order valence-corrected chi connectivity index (χ0v) is 9.71. The van der Waals surface area contributed by atoms with Crippen LogP contribution in [0.25, 0.3) is 0 Å². The molecule has 0 bridgehead atoms. The highest BCUT2D eigenvalue weighted by atomic mass is 16.4. The predicted octanol–water partition coefficient (Wildman–Crippen LogP) is -0.927. The summed E-state index contributed by atoms with van der Waals surface area (Å²) in [6.45, 7) is 1.54. The van der Waals surface area contributed by atoms with E-state index in [4.69, 9.17) is 5.73 Å². The maximum Gasteiger partial charge on any atom is 0.475 e. The second-order valence-corrected chi connectivity index (χ2v) is 4.01. The van der Waals surface area contributed by atoms with Gasteiger partial charge in [-0.3, -0.25) is 4.79 Å². The van der Waals surface area contributed by atoms with Crippen LogP contribution in [-0.2, 0) is 11.2 Å². The molecule has 0 radical (unpaired) electrons. The lowest BCUT2D eigenvalue weighted by atomic mass is 9.76. The van der Waals surface area contributed by atoms with Crippen LogP contribution in [0.5, 0.6) is 0 Å². The third-order valence-electron chi connectivity index (χ3n) is 2.40. The largest absolute Gasteiger partial charge is 0.475 e. The van der Waals surface area contributed by atoms with E-state index >= 15 is 0 Å². The molecule has 1 rings (SSSR count). The fourth-order valence-electron chi connectivity index (χ4n) is 1.41. The van der Waals surface area contributed by atoms with E-state index in [0.717, 1.165) is 5.56 Å². The van der Waals surface area contributed by atoms with Crippen LogP contribution in [0.3, 0.4) is 0 Å². The van der Waals surface area contributed by atoms with Crippen LogP contribution >= 0.6 is 0 Å². The molecule has 1 aromatic carbocycles. The molecule has 0 saturated heterocycles. The monoisotopic (exact) mass is 236 g/mol. The molecule has 0 saturated carbocycles. The van der Waals surface area contributed by atoms with Gasteiger partial charge in [0.15, 0.2) is 0 Å². The summed E-state index contributed by atoms with van der Waals surface area (Å²) >= 11 is 0. The van der Waals surface area contributed by atoms with E-state index in [1.807, 2.05) is 30.3 Å². The lowest BCUT2D eigenvalue weighted by Gasteiger charge is -2.19. The summed E-state index contributed by atoms with van der Waals surface area (Å²) in [6.07, 6.45) is 0.344. The Labute approximate surface area is 101 Å². The van der Waals surface area contributed by atoms with Crippen molar-refractivity contribution in [3.05, 3.63) is 35.9 Å². The standard InChI is InChI=1S/C11H17BN2O3/c1-8(13)11(15)14-10(12(16)17)7-9-5-3-2-4-6-9/h2-6,8,10,16-17H,7,13H2,1H3,(H,14,15)/t8-,10-/m0/s1. The first-order chi connectivity index (χ1) is 8.00. The molecule has 0 aliphatic carbocycles. The van der Waals surface area contributed by atoms with E-state index in [-0.39, 0.29) is 0 Å². The topological polar surface area (TPSA) is 95.6 Å². The average Bonchev–Trinajstić information content (AvgIpc) is 2.29. The Bertz CT molecular complexity index is 357. The average molecular weight is 236 g/mol. The summed E-state index contributed by atoms with van der Waals surface area (Å²) in [5.74, 6) is -1.16. The highest BCUT2D eigenvalue weighted by Gasteiger charge is 2.26. The van der Waals surface area contributed by atoms with Crippen LogP contribution in [0.1, 0.15) is 12.5 Å². The van der Waals surface area contributed by atoms with E-state index in [0.29, 0.717) is 6.42 Å². The second-order valence-electron chi connectivity index (χ2n) is 4.01. The Morgan fingerprint density at radius 2 is 2.00 bits per heavy atom. The van der Waals surface area contributed by atoms with Gasteiger partial charge < -0.3 is 21.1 Å². The summed E-state index contributed by atoms with van der Waals surface area (Å²) in [6, 6.07) is 8.61. The van der Waals surface area contributed by atoms with E-state index < -0.39 is 25.0 Å². The Hall–Kier alpha value is -1.37. The SMILES string of the molecule is C[C@H](N)C(=O)N[C@@H](Cc1ccccc1)B(O)O. The van der Waals surface area contributed by atoms with Crippen molar-refractivity contribution in [3.63, 3.8) is 0 Å². The van der Waals surface area contributed by atoms with Gasteiger partial charge >= 0.3 is 7.12 Å². The van der Waals surface area contributed by atoms with Crippen molar-refractivity contribution in [2.75, 3.05) is 0 Å². The molecule has 0 aliphatic heterocycles. The molecule has 0 fully saturated rings. The number of nitrogens with two attached hydrogens (primary N) is 1. The van der Waals surface area contributed by atoms with Gasteiger partial charge in [-0.1, -0.05) is 30.3 Å². The molecule has 5 nitrogen and oxygen atoms in total. The summed E-state index contributed by atoms with van der Waals surface area (Å²) in [5.41, 5.74) is 6.32. The molecule has 0 aromatic heterocycles. The maximum atomic E-state index is 11.4. The third-order valence-corrected chi connectivity index (χ3v) is 2.40. The minimum absolute atomic E-state index is 0.344. The Kier molecular flexibility index (Phi) is 5.15. The van der Waals surface area contributed by atoms with Crippen molar-refractivity contribution in [2.24, 2.45) is 5.73 Å². The summed E-state index contributed by atoms with van der Waals surface area (Å²) < 4.78 is 0. The number of rotatable bonds is 5. The number of hydrogen-bond donors (Lipinski definition) is 4. The van der Waals surface area contributed by atoms with Crippen molar-refractivity contribution >= 4 is 13.0 Å². The molecular formula is C11H17BN2O3. The molecule has 1 aromatic rings. The molecule has 17 heavy (non-hydrogen) atoms. The van der Waals surface area contributed by atoms with E-state index in [1.54, 1.807) is 6.92 Å². The fraction of sp³-hybridized carbons (Fsp3) is 0.364. The van der Waals surface area contributed by atoms with Crippen LogP contribution < -0.4 is 11.1 Å². The number of carbonyl (C=O) groups excluding carboxylic acids is 1. The molecule has 0 aliphatic rings. The minimum atomic E-state index is -1.61. The molecule has 0 spiro atoms. The van der Waals surface area contributed by atoms with Gasteiger partial charge in [0, 0.05) is 0 Å². The van der Waals surface area contributed by atoms with Crippen molar-refractivity contribution in [2.45, 2.75) is 25.3 Å². The molecule has 2 atom stereocenters. The van der Waals surface area contributed by atoms with Gasteiger partial charge in [-0.05, 0) is 18.9 Å². The Balaban J connectivity index is 2.64. The number of nitrogens with one attached hydrogen (secondary N) is 1. The summed E-state index contributed by atoms with van der Waals surface area (Å²) in [4.78, 5) is 11.4. The molecule has 5 N–H and O–H groups in total. The van der Waals surface area contributed by atoms with Gasteiger partial charge in [0.2, 0.25) is 5.91 Å². The molecule has 6 heteroatoms. The van der Waals surface area contributed by atoms with Crippen molar-refractivity contribution in [3.8, 4) is 0 Å². The Morgan fingerprint density at radius 1 is 1.41 bits per heavy atom. The lowest BCUT2D eigenvalue weighted by Crippen LogP contribution is -2.52. The van der Waals surface area contributed by atoms with Gasteiger partial charge in [0.25, 0.3) is 0 Å². The van der Waals surface area contributed by atoms with Gasteiger partial charge in [0.1, 0.15) is 0 Å². The minimum Gasteiger partial charge on any atom is -0.426 e. The van der Waals surface area contributed by atoms with Gasteiger partial charge in [0.05, 0.1) is 12.0 Å². The van der Waals surface area contributed by atoms with Gasteiger partial charge in [-0.25, -0.2) is 0 Å². The Morgan fingerprint density at radius 3 is 2.47 bits per heavy atom. The van der Waals surface area contributed by atoms with Crippen molar-refractivity contribution in [1.82, 2.24) is 5.32 Å². The van der Waals surface area contributed by atoms with E-state index in [9.17, 15) is 14.8 Å². The van der Waals surface area contributed by atoms with E-state index in [1.165, 1.54) is 0 Å². The molecule has 92 valence electrons. The second kappa shape index (κ2) is 6.39. The summed E-state index contributed by atoms with van der Waals surface area (Å²) in [5, 5.41) is 20.9. The first-order valence-electron chi connectivity index (χ1n) is 5.46. The van der Waals surface area contributed by atoms with Crippen molar-refractivity contribution < 1.29 is 14.8 Å². The number of amides is 1. The molecule has 0 unspecified atom stereocenters. The lowest BCUT2D eigenvalue weighted by molar-refractivity contribution is -0.122. The van der Waals surface area contributed by atoms with E-state index in [2.05, 4.69) is 5.32 Å². The predicted molar refractivity (Wildman–Crippen MR) is 65.9 cm³/mol. The van der Waals surface area contributed by atoms with Crippen LogP contribution in [0, 0.1) is 0 Å². The van der Waals surface area contributed by atoms with Gasteiger partial charge in [-0.2, -0.15) is 0 Å². The number of benzene rings is 1. The maximum absolute atomic E-state index is 11.4. The van der Waals surface area contributed by atoms with Crippen molar-refractivity contribution in [1.29, 1.82) is 0 Å². The highest BCUT2D eigenvalue weighted by molar-refractivity contribution is 6.43. The van der Waals surface area contributed by atoms with Gasteiger partial charge in [-0.15, -0.1) is 0 Å². The normalized spacial score (nSPS) is 13.9. The zero-order chi connectivity index (χ0) is 12.8. The quantitative estimate of drug-likeness (QED) is 0.497. The third kappa shape index (κ3) is 4.56. The first kappa shape index (κ1) is 13.7. The zero-order valence-electron chi connectivity index (χ0n) is 9.71. The van der Waals surface area contributed by atoms with Crippen LogP contribution in [0.2, 0.25) is 0 Å². The smallest absolute Gasteiger partial charge is 0.426 e. The molecule has 1 amide bonds.